The van der Waals surface area contributed by atoms with Crippen LogP contribution in [-0.4, -0.2) is 11.7 Å². The first-order valence-corrected chi connectivity index (χ1v) is 10.0. The molecule has 0 aliphatic carbocycles. The molecule has 0 bridgehead atoms. The van der Waals surface area contributed by atoms with E-state index in [9.17, 15) is 4.79 Å². The second kappa shape index (κ2) is 9.83. The molecule has 1 amide bonds. The van der Waals surface area contributed by atoms with Crippen LogP contribution in [0.1, 0.15) is 29.3 Å². The lowest BCUT2D eigenvalue weighted by molar-refractivity contribution is 0.102. The van der Waals surface area contributed by atoms with Gasteiger partial charge in [-0.1, -0.05) is 49.4 Å². The van der Waals surface area contributed by atoms with Gasteiger partial charge in [-0.25, -0.2) is 0 Å². The monoisotopic (exact) mass is 377 g/mol. The van der Waals surface area contributed by atoms with Crippen LogP contribution in [-0.2, 0) is 6.61 Å². The van der Waals surface area contributed by atoms with Crippen molar-refractivity contribution in [3.05, 3.63) is 90.0 Å². The van der Waals surface area contributed by atoms with Crippen molar-refractivity contribution in [2.75, 3.05) is 11.1 Å². The molecule has 0 heterocycles. The summed E-state index contributed by atoms with van der Waals surface area (Å²) >= 11 is 1.71. The molecule has 0 saturated heterocycles. The number of hydrogen-bond acceptors (Lipinski definition) is 3. The van der Waals surface area contributed by atoms with Gasteiger partial charge in [-0.05, 0) is 54.1 Å². The zero-order chi connectivity index (χ0) is 18.9. The summed E-state index contributed by atoms with van der Waals surface area (Å²) in [6.45, 7) is 2.66. The van der Waals surface area contributed by atoms with E-state index in [-0.39, 0.29) is 5.91 Å². The number of carbonyl (C=O) groups is 1. The smallest absolute Gasteiger partial charge is 0.256 e. The van der Waals surface area contributed by atoms with Crippen LogP contribution in [0.15, 0.2) is 83.8 Å². The van der Waals surface area contributed by atoms with Crippen molar-refractivity contribution >= 4 is 23.4 Å². The number of anilines is 1. The van der Waals surface area contributed by atoms with Gasteiger partial charge >= 0.3 is 0 Å². The Morgan fingerprint density at radius 1 is 0.926 bits per heavy atom. The highest BCUT2D eigenvalue weighted by atomic mass is 32.2. The molecule has 0 aliphatic heterocycles. The SMILES string of the molecule is CCCSc1ccccc1C(=O)Nc1ccc(OCc2ccccc2)cc1. The molecule has 0 aromatic heterocycles. The lowest BCUT2D eigenvalue weighted by Gasteiger charge is -2.11. The Morgan fingerprint density at radius 2 is 1.63 bits per heavy atom. The van der Waals surface area contributed by atoms with Gasteiger partial charge in [0.15, 0.2) is 0 Å². The first-order chi connectivity index (χ1) is 13.3. The number of rotatable bonds is 8. The van der Waals surface area contributed by atoms with Crippen LogP contribution in [0.5, 0.6) is 5.75 Å². The van der Waals surface area contributed by atoms with Crippen molar-refractivity contribution in [1.29, 1.82) is 0 Å². The van der Waals surface area contributed by atoms with Gasteiger partial charge in [0.25, 0.3) is 5.91 Å². The number of thioether (sulfide) groups is 1. The minimum Gasteiger partial charge on any atom is -0.489 e. The van der Waals surface area contributed by atoms with E-state index >= 15 is 0 Å². The molecule has 3 aromatic carbocycles. The van der Waals surface area contributed by atoms with Crippen LogP contribution in [0.4, 0.5) is 5.69 Å². The molecule has 3 aromatic rings. The highest BCUT2D eigenvalue weighted by molar-refractivity contribution is 7.99. The van der Waals surface area contributed by atoms with E-state index in [4.69, 9.17) is 4.74 Å². The third-order valence-corrected chi connectivity index (χ3v) is 5.23. The molecular weight excluding hydrogens is 354 g/mol. The summed E-state index contributed by atoms with van der Waals surface area (Å²) < 4.78 is 5.78. The number of nitrogens with one attached hydrogen (secondary N) is 1. The molecule has 0 saturated carbocycles. The summed E-state index contributed by atoms with van der Waals surface area (Å²) in [5.41, 5.74) is 2.58. The van der Waals surface area contributed by atoms with E-state index in [1.807, 2.05) is 78.9 Å². The van der Waals surface area contributed by atoms with Gasteiger partial charge in [0.2, 0.25) is 0 Å². The number of amides is 1. The Balaban J connectivity index is 1.60. The molecule has 138 valence electrons. The van der Waals surface area contributed by atoms with Crippen LogP contribution >= 0.6 is 11.8 Å². The fraction of sp³-hybridized carbons (Fsp3) is 0.174. The van der Waals surface area contributed by atoms with Crippen molar-refractivity contribution in [1.82, 2.24) is 0 Å². The highest BCUT2D eigenvalue weighted by Gasteiger charge is 2.11. The van der Waals surface area contributed by atoms with E-state index in [1.54, 1.807) is 11.8 Å². The molecule has 3 nitrogen and oxygen atoms in total. The number of benzene rings is 3. The molecule has 4 heteroatoms. The second-order valence-corrected chi connectivity index (χ2v) is 7.23. The summed E-state index contributed by atoms with van der Waals surface area (Å²) in [6.07, 6.45) is 1.07. The van der Waals surface area contributed by atoms with Crippen LogP contribution in [0.2, 0.25) is 0 Å². The summed E-state index contributed by atoms with van der Waals surface area (Å²) in [6, 6.07) is 25.2. The van der Waals surface area contributed by atoms with Crippen molar-refractivity contribution in [2.45, 2.75) is 24.8 Å². The third kappa shape index (κ3) is 5.63. The first-order valence-electron chi connectivity index (χ1n) is 9.06. The predicted molar refractivity (Wildman–Crippen MR) is 113 cm³/mol. The van der Waals surface area contributed by atoms with Gasteiger partial charge in [-0.3, -0.25) is 4.79 Å². The van der Waals surface area contributed by atoms with Gasteiger partial charge in [0.05, 0.1) is 5.56 Å². The van der Waals surface area contributed by atoms with E-state index < -0.39 is 0 Å². The summed E-state index contributed by atoms with van der Waals surface area (Å²) in [5, 5.41) is 2.97. The van der Waals surface area contributed by atoms with Gasteiger partial charge in [-0.2, -0.15) is 0 Å². The molecule has 0 atom stereocenters. The van der Waals surface area contributed by atoms with Gasteiger partial charge in [0, 0.05) is 10.6 Å². The minimum absolute atomic E-state index is 0.0906. The first kappa shape index (κ1) is 19.1. The summed E-state index contributed by atoms with van der Waals surface area (Å²) in [7, 11) is 0. The van der Waals surface area contributed by atoms with Crippen LogP contribution in [0.25, 0.3) is 0 Å². The maximum atomic E-state index is 12.6. The lowest BCUT2D eigenvalue weighted by Crippen LogP contribution is -2.13. The zero-order valence-corrected chi connectivity index (χ0v) is 16.2. The predicted octanol–water partition coefficient (Wildman–Crippen LogP) is 6.02. The van der Waals surface area contributed by atoms with Gasteiger partial charge in [0.1, 0.15) is 12.4 Å². The molecule has 0 unspecified atom stereocenters. The molecule has 27 heavy (non-hydrogen) atoms. The Hall–Kier alpha value is -2.72. The van der Waals surface area contributed by atoms with Gasteiger partial charge < -0.3 is 10.1 Å². The average molecular weight is 378 g/mol. The van der Waals surface area contributed by atoms with E-state index in [1.165, 1.54) is 0 Å². The van der Waals surface area contributed by atoms with E-state index in [2.05, 4.69) is 12.2 Å². The van der Waals surface area contributed by atoms with Crippen LogP contribution < -0.4 is 10.1 Å². The van der Waals surface area contributed by atoms with Crippen molar-refractivity contribution in [3.63, 3.8) is 0 Å². The Bertz CT molecular complexity index is 863. The van der Waals surface area contributed by atoms with E-state index in [0.717, 1.165) is 34.1 Å². The average Bonchev–Trinajstić information content (AvgIpc) is 2.72. The number of carbonyl (C=O) groups excluding carboxylic acids is 1. The maximum Gasteiger partial charge on any atom is 0.256 e. The van der Waals surface area contributed by atoms with E-state index in [0.29, 0.717) is 12.2 Å². The molecular formula is C23H23NO2S. The van der Waals surface area contributed by atoms with Gasteiger partial charge in [-0.15, -0.1) is 11.8 Å². The fourth-order valence-corrected chi connectivity index (χ4v) is 3.48. The molecule has 0 aliphatic rings. The van der Waals surface area contributed by atoms with Crippen LogP contribution in [0.3, 0.4) is 0 Å². The topological polar surface area (TPSA) is 38.3 Å². The zero-order valence-electron chi connectivity index (χ0n) is 15.4. The minimum atomic E-state index is -0.0906. The number of hydrogen-bond donors (Lipinski definition) is 1. The largest absolute Gasteiger partial charge is 0.489 e. The number of ether oxygens (including phenoxy) is 1. The molecule has 0 radical (unpaired) electrons. The Labute approximate surface area is 164 Å². The molecule has 1 N–H and O–H groups in total. The third-order valence-electron chi connectivity index (χ3n) is 3.95. The quantitative estimate of drug-likeness (QED) is 0.488. The maximum absolute atomic E-state index is 12.6. The van der Waals surface area contributed by atoms with Crippen LogP contribution in [0, 0.1) is 0 Å². The molecule has 0 spiro atoms. The summed E-state index contributed by atoms with van der Waals surface area (Å²) in [4.78, 5) is 13.7. The standard InChI is InChI=1S/C23H23NO2S/c1-2-16-27-22-11-7-6-10-21(22)23(25)24-19-12-14-20(15-13-19)26-17-18-8-4-3-5-9-18/h3-15H,2,16-17H2,1H3,(H,24,25). The van der Waals surface area contributed by atoms with Crippen molar-refractivity contribution in [3.8, 4) is 5.75 Å². The second-order valence-electron chi connectivity index (χ2n) is 6.10. The normalized spacial score (nSPS) is 10.4. The lowest BCUT2D eigenvalue weighted by atomic mass is 10.2. The Morgan fingerprint density at radius 3 is 2.37 bits per heavy atom. The fourth-order valence-electron chi connectivity index (χ4n) is 2.57. The Kier molecular flexibility index (Phi) is 6.94. The molecule has 3 rings (SSSR count). The van der Waals surface area contributed by atoms with Crippen molar-refractivity contribution in [2.24, 2.45) is 0 Å². The highest BCUT2D eigenvalue weighted by Crippen LogP contribution is 2.24. The molecule has 0 fully saturated rings. The van der Waals surface area contributed by atoms with Crippen molar-refractivity contribution < 1.29 is 9.53 Å². The summed E-state index contributed by atoms with van der Waals surface area (Å²) in [5.74, 6) is 1.68.